The molecule has 0 amide bonds. The Labute approximate surface area is 138 Å². The van der Waals surface area contributed by atoms with Gasteiger partial charge >= 0.3 is 0 Å². The first-order valence-corrected chi connectivity index (χ1v) is 8.11. The van der Waals surface area contributed by atoms with Crippen molar-refractivity contribution in [2.45, 2.75) is 18.7 Å². The summed E-state index contributed by atoms with van der Waals surface area (Å²) in [6.45, 7) is 2.07. The summed E-state index contributed by atoms with van der Waals surface area (Å²) in [5.41, 5.74) is 4.36. The average Bonchev–Trinajstić information content (AvgIpc) is 2.47. The van der Waals surface area contributed by atoms with Crippen LogP contribution in [0.2, 0.25) is 0 Å². The molecule has 0 N–H and O–H groups in total. The van der Waals surface area contributed by atoms with Crippen LogP contribution < -0.4 is 0 Å². The lowest BCUT2D eigenvalue weighted by molar-refractivity contribution is 0.883. The molecule has 2 aromatic carbocycles. The second-order valence-corrected chi connectivity index (χ2v) is 6.57. The minimum absolute atomic E-state index is 0.0892. The molecule has 21 heavy (non-hydrogen) atoms. The zero-order chi connectivity index (χ0) is 14.8. The van der Waals surface area contributed by atoms with Crippen molar-refractivity contribution in [1.29, 1.82) is 0 Å². The third kappa shape index (κ3) is 3.28. The maximum Gasteiger partial charge on any atom is 0.0705 e. The van der Waals surface area contributed by atoms with Crippen molar-refractivity contribution in [1.82, 2.24) is 4.98 Å². The number of hydrogen-bond acceptors (Lipinski definition) is 1. The molecule has 3 rings (SSSR count). The fourth-order valence-electron chi connectivity index (χ4n) is 2.40. The van der Waals surface area contributed by atoms with Crippen LogP contribution in [-0.4, -0.2) is 4.98 Å². The van der Waals surface area contributed by atoms with E-state index in [1.165, 1.54) is 5.56 Å². The number of aryl methyl sites for hydroxylation is 1. The highest BCUT2D eigenvalue weighted by Gasteiger charge is 2.13. The summed E-state index contributed by atoms with van der Waals surface area (Å²) in [6, 6.07) is 18.6. The lowest BCUT2D eigenvalue weighted by atomic mass is 10.0. The highest BCUT2D eigenvalue weighted by atomic mass is 79.9. The van der Waals surface area contributed by atoms with Crippen molar-refractivity contribution in [2.24, 2.45) is 0 Å². The van der Waals surface area contributed by atoms with E-state index in [4.69, 9.17) is 11.6 Å². The minimum atomic E-state index is -0.0892. The lowest BCUT2D eigenvalue weighted by Gasteiger charge is -2.12. The van der Waals surface area contributed by atoms with Gasteiger partial charge in [0, 0.05) is 22.0 Å². The molecule has 1 nitrogen and oxygen atoms in total. The van der Waals surface area contributed by atoms with Gasteiger partial charge in [-0.25, -0.2) is 0 Å². The number of nitrogens with zero attached hydrogens (tertiary/aromatic N) is 1. The predicted octanol–water partition coefficient (Wildman–Crippen LogP) is 5.83. The van der Waals surface area contributed by atoms with E-state index in [2.05, 4.69) is 64.2 Å². The number of alkyl halides is 1. The second-order valence-electron chi connectivity index (χ2n) is 5.19. The van der Waals surface area contributed by atoms with Gasteiger partial charge in [0.05, 0.1) is 10.9 Å². The van der Waals surface area contributed by atoms with Crippen molar-refractivity contribution in [3.63, 3.8) is 0 Å². The van der Waals surface area contributed by atoms with Crippen molar-refractivity contribution in [3.8, 4) is 0 Å². The summed E-state index contributed by atoms with van der Waals surface area (Å²) in [5, 5.41) is 1.07. The summed E-state index contributed by atoms with van der Waals surface area (Å²) in [5.74, 6) is 0. The molecule has 1 aromatic heterocycles. The summed E-state index contributed by atoms with van der Waals surface area (Å²) in [4.78, 5) is 4.69. The molecular weight excluding hydrogens is 346 g/mol. The molecule has 0 saturated heterocycles. The van der Waals surface area contributed by atoms with Crippen molar-refractivity contribution >= 4 is 38.4 Å². The van der Waals surface area contributed by atoms with E-state index in [-0.39, 0.29) is 5.38 Å². The van der Waals surface area contributed by atoms with Gasteiger partial charge in [0.15, 0.2) is 0 Å². The summed E-state index contributed by atoms with van der Waals surface area (Å²) < 4.78 is 1.06. The van der Waals surface area contributed by atoms with Crippen LogP contribution in [0.1, 0.15) is 22.2 Å². The summed E-state index contributed by atoms with van der Waals surface area (Å²) in [6.07, 6.45) is 0.716. The molecule has 106 valence electrons. The number of aromatic nitrogens is 1. The van der Waals surface area contributed by atoms with Gasteiger partial charge in [-0.2, -0.15) is 0 Å². The van der Waals surface area contributed by atoms with E-state index < -0.39 is 0 Å². The lowest BCUT2D eigenvalue weighted by Crippen LogP contribution is -1.99. The number of fused-ring (bicyclic) bond motifs is 1. The van der Waals surface area contributed by atoms with Crippen LogP contribution in [0.5, 0.6) is 0 Å². The Balaban J connectivity index is 1.87. The molecule has 1 heterocycles. The van der Waals surface area contributed by atoms with Crippen LogP contribution in [0.4, 0.5) is 0 Å². The maximum atomic E-state index is 6.58. The quantitative estimate of drug-likeness (QED) is 0.536. The molecule has 1 atom stereocenters. The van der Waals surface area contributed by atoms with E-state index in [1.807, 2.05) is 18.2 Å². The maximum absolute atomic E-state index is 6.58. The highest BCUT2D eigenvalue weighted by Crippen LogP contribution is 2.31. The van der Waals surface area contributed by atoms with Crippen molar-refractivity contribution in [3.05, 3.63) is 75.9 Å². The average molecular weight is 361 g/mol. The van der Waals surface area contributed by atoms with Crippen LogP contribution in [0.15, 0.2) is 59.1 Å². The molecule has 0 bridgehead atoms. The van der Waals surface area contributed by atoms with Crippen LogP contribution in [0.3, 0.4) is 0 Å². The molecule has 3 aromatic rings. The topological polar surface area (TPSA) is 12.9 Å². The third-order valence-corrected chi connectivity index (χ3v) is 4.61. The Morgan fingerprint density at radius 3 is 2.71 bits per heavy atom. The first-order valence-electron chi connectivity index (χ1n) is 6.88. The van der Waals surface area contributed by atoms with Crippen LogP contribution in [0.25, 0.3) is 10.9 Å². The molecule has 3 heteroatoms. The molecule has 0 saturated carbocycles. The van der Waals surface area contributed by atoms with E-state index in [9.17, 15) is 0 Å². The second kappa shape index (κ2) is 6.17. The van der Waals surface area contributed by atoms with Crippen LogP contribution in [0, 0.1) is 6.92 Å². The van der Waals surface area contributed by atoms with E-state index in [1.54, 1.807) is 0 Å². The number of halogens is 2. The number of hydrogen-bond donors (Lipinski definition) is 0. The first kappa shape index (κ1) is 14.6. The molecule has 0 spiro atoms. The molecule has 0 aliphatic heterocycles. The van der Waals surface area contributed by atoms with Gasteiger partial charge in [0.2, 0.25) is 0 Å². The van der Waals surface area contributed by atoms with Gasteiger partial charge in [0.1, 0.15) is 0 Å². The summed E-state index contributed by atoms with van der Waals surface area (Å²) in [7, 11) is 0. The van der Waals surface area contributed by atoms with Gasteiger partial charge in [0.25, 0.3) is 0 Å². The molecule has 0 aliphatic carbocycles. The Morgan fingerprint density at radius 2 is 1.90 bits per heavy atom. The van der Waals surface area contributed by atoms with E-state index in [0.29, 0.717) is 6.42 Å². The fraction of sp³-hybridized carbons (Fsp3) is 0.167. The largest absolute Gasteiger partial charge is 0.253 e. The predicted molar refractivity (Wildman–Crippen MR) is 92.9 cm³/mol. The Kier molecular flexibility index (Phi) is 4.27. The van der Waals surface area contributed by atoms with E-state index in [0.717, 1.165) is 26.6 Å². The monoisotopic (exact) mass is 359 g/mol. The fourth-order valence-corrected chi connectivity index (χ4v) is 3.65. The highest BCUT2D eigenvalue weighted by molar-refractivity contribution is 9.10. The third-order valence-electron chi connectivity index (χ3n) is 3.54. The molecule has 0 aliphatic rings. The molecular formula is C18H15BrClN. The number of benzene rings is 2. The minimum Gasteiger partial charge on any atom is -0.253 e. The van der Waals surface area contributed by atoms with Crippen LogP contribution >= 0.6 is 27.5 Å². The standard InChI is InChI=1S/C18H15BrClN/c1-12-6-9-15(16(19)10-12)17(20)11-14-8-7-13-4-2-3-5-18(13)21-14/h2-10,17H,11H2,1H3. The zero-order valence-electron chi connectivity index (χ0n) is 11.7. The van der Waals surface area contributed by atoms with Crippen LogP contribution in [-0.2, 0) is 6.42 Å². The summed E-state index contributed by atoms with van der Waals surface area (Å²) >= 11 is 10.2. The molecule has 0 radical (unpaired) electrons. The van der Waals surface area contributed by atoms with Crippen molar-refractivity contribution < 1.29 is 0 Å². The SMILES string of the molecule is Cc1ccc(C(Cl)Cc2ccc3ccccc3n2)c(Br)c1. The zero-order valence-corrected chi connectivity index (χ0v) is 14.0. The van der Waals surface area contributed by atoms with Gasteiger partial charge in [-0.15, -0.1) is 11.6 Å². The van der Waals surface area contributed by atoms with Gasteiger partial charge in [-0.1, -0.05) is 52.3 Å². The number of pyridine rings is 1. The Morgan fingerprint density at radius 1 is 1.10 bits per heavy atom. The Hall–Kier alpha value is -1.38. The van der Waals surface area contributed by atoms with E-state index >= 15 is 0 Å². The van der Waals surface area contributed by atoms with Crippen molar-refractivity contribution in [2.75, 3.05) is 0 Å². The number of rotatable bonds is 3. The van der Waals surface area contributed by atoms with Gasteiger partial charge in [-0.3, -0.25) is 4.98 Å². The van der Waals surface area contributed by atoms with Gasteiger partial charge in [-0.05, 0) is 36.2 Å². The Bertz CT molecular complexity index is 785. The first-order chi connectivity index (χ1) is 10.1. The normalized spacial score (nSPS) is 12.5. The van der Waals surface area contributed by atoms with Gasteiger partial charge < -0.3 is 0 Å². The smallest absolute Gasteiger partial charge is 0.0705 e. The molecule has 0 fully saturated rings. The molecule has 1 unspecified atom stereocenters. The number of para-hydroxylation sites is 1.